The van der Waals surface area contributed by atoms with E-state index in [0.29, 0.717) is 13.2 Å². The van der Waals surface area contributed by atoms with Gasteiger partial charge in [0.15, 0.2) is 11.5 Å². The van der Waals surface area contributed by atoms with E-state index in [9.17, 15) is 0 Å². The lowest BCUT2D eigenvalue weighted by Gasteiger charge is -1.97. The van der Waals surface area contributed by atoms with E-state index in [0.717, 1.165) is 17.1 Å². The molecule has 1 aliphatic heterocycles. The molecule has 1 aromatic carbocycles. The van der Waals surface area contributed by atoms with Crippen LogP contribution < -0.4 is 9.47 Å². The Morgan fingerprint density at radius 3 is 3.00 bits per heavy atom. The molecule has 1 aromatic rings. The van der Waals surface area contributed by atoms with Gasteiger partial charge < -0.3 is 9.47 Å². The highest BCUT2D eigenvalue weighted by Crippen LogP contribution is 2.32. The highest BCUT2D eigenvalue weighted by atomic mass is 16.7. The molecule has 0 fully saturated rings. The van der Waals surface area contributed by atoms with Crippen LogP contribution >= 0.6 is 0 Å². The minimum Gasteiger partial charge on any atom is -0.454 e. The van der Waals surface area contributed by atoms with Crippen LogP contribution in [0.4, 0.5) is 0 Å². The van der Waals surface area contributed by atoms with Gasteiger partial charge in [-0.15, -0.1) is 12.3 Å². The number of fused-ring (bicyclic) bond motifs is 1. The van der Waals surface area contributed by atoms with Crippen molar-refractivity contribution in [2.75, 3.05) is 6.79 Å². The fourth-order valence-corrected chi connectivity index (χ4v) is 1.17. The molecular weight excluding hydrogens is 152 g/mol. The molecule has 0 bridgehead atoms. The zero-order valence-electron chi connectivity index (χ0n) is 6.54. The van der Waals surface area contributed by atoms with Crippen molar-refractivity contribution in [1.29, 1.82) is 0 Å². The monoisotopic (exact) mass is 160 g/mol. The fourth-order valence-electron chi connectivity index (χ4n) is 1.17. The number of hydrogen-bond acceptors (Lipinski definition) is 2. The smallest absolute Gasteiger partial charge is 0.231 e. The lowest BCUT2D eigenvalue weighted by atomic mass is 10.1. The Hall–Kier alpha value is -1.62. The van der Waals surface area contributed by atoms with Gasteiger partial charge in [-0.25, -0.2) is 0 Å². The fraction of sp³-hybridized carbons (Fsp3) is 0.200. The van der Waals surface area contributed by atoms with Crippen molar-refractivity contribution < 1.29 is 9.47 Å². The third-order valence-corrected chi connectivity index (χ3v) is 1.74. The van der Waals surface area contributed by atoms with Gasteiger partial charge in [-0.3, -0.25) is 0 Å². The first-order valence-corrected chi connectivity index (χ1v) is 3.72. The largest absolute Gasteiger partial charge is 0.454 e. The maximum Gasteiger partial charge on any atom is 0.231 e. The molecule has 0 unspecified atom stereocenters. The molecule has 0 N–H and O–H groups in total. The van der Waals surface area contributed by atoms with Crippen LogP contribution in [0.15, 0.2) is 18.2 Å². The molecule has 0 saturated heterocycles. The van der Waals surface area contributed by atoms with Crippen LogP contribution in [0.2, 0.25) is 0 Å². The molecule has 2 nitrogen and oxygen atoms in total. The zero-order valence-corrected chi connectivity index (χ0v) is 6.54. The van der Waals surface area contributed by atoms with E-state index in [4.69, 9.17) is 15.9 Å². The highest BCUT2D eigenvalue weighted by Gasteiger charge is 2.12. The van der Waals surface area contributed by atoms with E-state index in [2.05, 4.69) is 5.92 Å². The zero-order chi connectivity index (χ0) is 8.39. The van der Waals surface area contributed by atoms with Gasteiger partial charge >= 0.3 is 0 Å². The summed E-state index contributed by atoms with van der Waals surface area (Å²) in [7, 11) is 0. The summed E-state index contributed by atoms with van der Waals surface area (Å²) in [6.45, 7) is 0.314. The van der Waals surface area contributed by atoms with E-state index in [-0.39, 0.29) is 0 Å². The first-order chi connectivity index (χ1) is 5.90. The summed E-state index contributed by atoms with van der Waals surface area (Å²) >= 11 is 0. The molecule has 0 atom stereocenters. The first kappa shape index (κ1) is 7.05. The molecule has 0 aromatic heterocycles. The molecule has 12 heavy (non-hydrogen) atoms. The van der Waals surface area contributed by atoms with Crippen LogP contribution in [0.5, 0.6) is 11.5 Å². The van der Waals surface area contributed by atoms with Crippen LogP contribution in [0.3, 0.4) is 0 Å². The Morgan fingerprint density at radius 1 is 1.33 bits per heavy atom. The summed E-state index contributed by atoms with van der Waals surface area (Å²) in [6.07, 6.45) is 5.82. The van der Waals surface area contributed by atoms with E-state index >= 15 is 0 Å². The average Bonchev–Trinajstić information content (AvgIpc) is 2.51. The summed E-state index contributed by atoms with van der Waals surface area (Å²) < 4.78 is 10.4. The Balaban J connectivity index is 2.34. The Labute approximate surface area is 71.1 Å². The van der Waals surface area contributed by atoms with Crippen LogP contribution in [0.25, 0.3) is 0 Å². The Bertz CT molecular complexity index is 336. The maximum atomic E-state index is 5.19. The van der Waals surface area contributed by atoms with Gasteiger partial charge in [-0.1, -0.05) is 6.07 Å². The average molecular weight is 160 g/mol. The molecule has 1 heterocycles. The van der Waals surface area contributed by atoms with E-state index in [1.54, 1.807) is 0 Å². The Morgan fingerprint density at radius 2 is 2.17 bits per heavy atom. The van der Waals surface area contributed by atoms with E-state index in [1.165, 1.54) is 0 Å². The normalized spacial score (nSPS) is 12.6. The molecule has 2 heteroatoms. The van der Waals surface area contributed by atoms with Crippen molar-refractivity contribution in [3.63, 3.8) is 0 Å². The van der Waals surface area contributed by atoms with Crippen LogP contribution in [0.1, 0.15) is 5.56 Å². The van der Waals surface area contributed by atoms with Gasteiger partial charge in [-0.05, 0) is 17.7 Å². The standard InChI is InChI=1S/C10H8O2/c1-2-3-8-4-5-9-10(6-8)12-7-11-9/h1,4-6H,3,7H2. The van der Waals surface area contributed by atoms with E-state index < -0.39 is 0 Å². The summed E-state index contributed by atoms with van der Waals surface area (Å²) in [5.41, 5.74) is 1.08. The summed E-state index contributed by atoms with van der Waals surface area (Å²) in [6, 6.07) is 5.75. The molecule has 0 saturated carbocycles. The SMILES string of the molecule is C#CCc1ccc2c(c1)OCO2. The summed E-state index contributed by atoms with van der Waals surface area (Å²) in [4.78, 5) is 0. The summed E-state index contributed by atoms with van der Waals surface area (Å²) in [5, 5.41) is 0. The van der Waals surface area contributed by atoms with Gasteiger partial charge in [0.1, 0.15) is 0 Å². The first-order valence-electron chi connectivity index (χ1n) is 3.72. The number of rotatable bonds is 1. The van der Waals surface area contributed by atoms with Gasteiger partial charge in [0.25, 0.3) is 0 Å². The van der Waals surface area contributed by atoms with Gasteiger partial charge in [0.2, 0.25) is 6.79 Å². The van der Waals surface area contributed by atoms with Crippen LogP contribution in [0, 0.1) is 12.3 Å². The predicted octanol–water partition coefficient (Wildman–Crippen LogP) is 1.59. The highest BCUT2D eigenvalue weighted by molar-refractivity contribution is 5.45. The quantitative estimate of drug-likeness (QED) is 0.581. The molecule has 60 valence electrons. The molecule has 0 amide bonds. The van der Waals surface area contributed by atoms with Crippen molar-refractivity contribution >= 4 is 0 Å². The van der Waals surface area contributed by atoms with Gasteiger partial charge in [0, 0.05) is 6.42 Å². The second kappa shape index (κ2) is 2.78. The topological polar surface area (TPSA) is 18.5 Å². The van der Waals surface area contributed by atoms with Crippen molar-refractivity contribution in [2.45, 2.75) is 6.42 Å². The lowest BCUT2D eigenvalue weighted by molar-refractivity contribution is 0.174. The van der Waals surface area contributed by atoms with Crippen molar-refractivity contribution in [2.24, 2.45) is 0 Å². The number of benzene rings is 1. The summed E-state index contributed by atoms with van der Waals surface area (Å²) in [5.74, 6) is 4.17. The van der Waals surface area contributed by atoms with Crippen LogP contribution in [-0.2, 0) is 6.42 Å². The number of ether oxygens (including phenoxy) is 2. The minimum atomic E-state index is 0.314. The predicted molar refractivity (Wildman–Crippen MR) is 45.1 cm³/mol. The molecule has 0 radical (unpaired) electrons. The van der Waals surface area contributed by atoms with Crippen molar-refractivity contribution in [1.82, 2.24) is 0 Å². The second-order valence-electron chi connectivity index (χ2n) is 2.57. The van der Waals surface area contributed by atoms with Gasteiger partial charge in [-0.2, -0.15) is 0 Å². The Kier molecular flexibility index (Phi) is 1.64. The number of terminal acetylenes is 1. The second-order valence-corrected chi connectivity index (χ2v) is 2.57. The maximum absolute atomic E-state index is 5.19. The van der Waals surface area contributed by atoms with E-state index in [1.807, 2.05) is 18.2 Å². The lowest BCUT2D eigenvalue weighted by Crippen LogP contribution is -1.92. The third-order valence-electron chi connectivity index (χ3n) is 1.74. The van der Waals surface area contributed by atoms with Gasteiger partial charge in [0.05, 0.1) is 0 Å². The molecule has 0 aliphatic carbocycles. The molecule has 1 aliphatic rings. The third kappa shape index (κ3) is 1.10. The molecule has 0 spiro atoms. The minimum absolute atomic E-state index is 0.314. The van der Waals surface area contributed by atoms with Crippen molar-refractivity contribution in [3.05, 3.63) is 23.8 Å². The number of hydrogen-bond donors (Lipinski definition) is 0. The van der Waals surface area contributed by atoms with Crippen molar-refractivity contribution in [3.8, 4) is 23.8 Å². The molecular formula is C10H8O2. The van der Waals surface area contributed by atoms with Crippen LogP contribution in [-0.4, -0.2) is 6.79 Å². The molecule has 2 rings (SSSR count).